The second kappa shape index (κ2) is 14.6. The third-order valence-corrected chi connectivity index (χ3v) is 12.8. The normalized spacial score (nSPS) is 11.0. The third kappa shape index (κ3) is 5.99. The maximum Gasteiger partial charge on any atom is 0.207 e. The van der Waals surface area contributed by atoms with Crippen LogP contribution >= 0.6 is 15.8 Å². The molecule has 0 aliphatic carbocycles. The fourth-order valence-corrected chi connectivity index (χ4v) is 10.9. The smallest absolute Gasteiger partial charge is 0.207 e. The van der Waals surface area contributed by atoms with Crippen molar-refractivity contribution < 1.29 is 18.9 Å². The van der Waals surface area contributed by atoms with Gasteiger partial charge in [0.05, 0.1) is 28.4 Å². The van der Waals surface area contributed by atoms with Crippen molar-refractivity contribution in [3.63, 3.8) is 0 Å². The molecule has 0 saturated heterocycles. The molecular formula is C40H36O4P2. The van der Waals surface area contributed by atoms with Crippen LogP contribution in [-0.2, 0) is 0 Å². The van der Waals surface area contributed by atoms with Crippen LogP contribution in [0.25, 0.3) is 11.1 Å². The van der Waals surface area contributed by atoms with Crippen molar-refractivity contribution in [2.75, 3.05) is 28.4 Å². The summed E-state index contributed by atoms with van der Waals surface area (Å²) in [5, 5.41) is 7.11. The van der Waals surface area contributed by atoms with E-state index in [1.807, 2.05) is 0 Å². The van der Waals surface area contributed by atoms with Crippen LogP contribution in [0.2, 0.25) is 0 Å². The molecule has 0 atom stereocenters. The van der Waals surface area contributed by atoms with E-state index in [-0.39, 0.29) is 0 Å². The van der Waals surface area contributed by atoms with Gasteiger partial charge in [0.15, 0.2) is 11.5 Å². The van der Waals surface area contributed by atoms with Gasteiger partial charge in [-0.1, -0.05) is 146 Å². The van der Waals surface area contributed by atoms with Crippen LogP contribution < -0.4 is 50.8 Å². The largest absolute Gasteiger partial charge is 0.492 e. The van der Waals surface area contributed by atoms with Crippen molar-refractivity contribution in [1.29, 1.82) is 0 Å². The van der Waals surface area contributed by atoms with E-state index in [0.717, 1.165) is 16.4 Å². The summed E-state index contributed by atoms with van der Waals surface area (Å²) in [4.78, 5) is 0. The van der Waals surface area contributed by atoms with Gasteiger partial charge in [-0.25, -0.2) is 0 Å². The molecule has 0 aromatic heterocycles. The summed E-state index contributed by atoms with van der Waals surface area (Å²) in [6.45, 7) is 0. The van der Waals surface area contributed by atoms with Crippen molar-refractivity contribution in [3.8, 4) is 34.1 Å². The fourth-order valence-electron chi connectivity index (χ4n) is 5.89. The van der Waals surface area contributed by atoms with Gasteiger partial charge in [0, 0.05) is 10.9 Å². The zero-order chi connectivity index (χ0) is 31.9. The molecular weight excluding hydrogens is 606 g/mol. The molecule has 4 nitrogen and oxygen atoms in total. The van der Waals surface area contributed by atoms with E-state index in [1.165, 1.54) is 26.5 Å². The molecule has 0 radical (unpaired) electrons. The standard InChI is InChI=1S/C40H36O4P2/c1-41-36-35(33-27-17-18-28-34(33)45(29-19-9-5-10-20-29)30-21-11-6-12-22-30)40(39(44-4)38(43-3)37(36)42-2)46(31-23-13-7-14-24-31)32-25-15-8-16-26-32/h5-28H,1-4H3. The Morgan fingerprint density at radius 2 is 0.696 bits per heavy atom. The average molecular weight is 643 g/mol. The predicted molar refractivity (Wildman–Crippen MR) is 195 cm³/mol. The van der Waals surface area contributed by atoms with Gasteiger partial charge in [0.25, 0.3) is 0 Å². The lowest BCUT2D eigenvalue weighted by molar-refractivity contribution is 0.308. The highest BCUT2D eigenvalue weighted by molar-refractivity contribution is 7.81. The van der Waals surface area contributed by atoms with Crippen LogP contribution in [0.5, 0.6) is 23.0 Å². The number of hydrogen-bond donors (Lipinski definition) is 0. The minimum atomic E-state index is -1.15. The monoisotopic (exact) mass is 642 g/mol. The molecule has 6 heteroatoms. The molecule has 230 valence electrons. The van der Waals surface area contributed by atoms with Gasteiger partial charge < -0.3 is 18.9 Å². The van der Waals surface area contributed by atoms with E-state index in [2.05, 4.69) is 146 Å². The molecule has 0 heterocycles. The van der Waals surface area contributed by atoms with Crippen LogP contribution in [0.1, 0.15) is 0 Å². The summed E-state index contributed by atoms with van der Waals surface area (Å²) in [6, 6.07) is 51.4. The molecule has 6 rings (SSSR count). The Labute approximate surface area is 274 Å². The number of rotatable bonds is 11. The molecule has 6 aromatic rings. The molecule has 0 spiro atoms. The first-order valence-electron chi connectivity index (χ1n) is 15.0. The van der Waals surface area contributed by atoms with E-state index in [9.17, 15) is 0 Å². The topological polar surface area (TPSA) is 36.9 Å². The lowest BCUT2D eigenvalue weighted by atomic mass is 10.0. The number of methoxy groups -OCH3 is 4. The maximum atomic E-state index is 6.33. The maximum absolute atomic E-state index is 6.33. The van der Waals surface area contributed by atoms with Crippen LogP contribution in [0.15, 0.2) is 146 Å². The highest BCUT2D eigenvalue weighted by Crippen LogP contribution is 2.55. The Kier molecular flexibility index (Phi) is 9.99. The minimum absolute atomic E-state index is 0.496. The Hall–Kier alpha value is -4.62. The zero-order valence-electron chi connectivity index (χ0n) is 26.4. The second-order valence-electron chi connectivity index (χ2n) is 10.4. The summed E-state index contributed by atoms with van der Waals surface area (Å²) in [7, 11) is 4.59. The number of ether oxygens (including phenoxy) is 4. The van der Waals surface area contributed by atoms with Crippen molar-refractivity contribution in [2.45, 2.75) is 0 Å². The van der Waals surface area contributed by atoms with Gasteiger partial charge in [0.1, 0.15) is 0 Å². The molecule has 46 heavy (non-hydrogen) atoms. The fraction of sp³-hybridized carbons (Fsp3) is 0.100. The van der Waals surface area contributed by atoms with E-state index in [0.29, 0.717) is 23.0 Å². The minimum Gasteiger partial charge on any atom is -0.492 e. The summed E-state index contributed by atoms with van der Waals surface area (Å²) < 4.78 is 24.8. The van der Waals surface area contributed by atoms with Gasteiger partial charge in [-0.2, -0.15) is 0 Å². The van der Waals surface area contributed by atoms with E-state index < -0.39 is 15.8 Å². The summed E-state index contributed by atoms with van der Waals surface area (Å²) in [5.74, 6) is 2.24. The molecule has 0 N–H and O–H groups in total. The van der Waals surface area contributed by atoms with Gasteiger partial charge in [-0.3, -0.25) is 0 Å². The lowest BCUT2D eigenvalue weighted by Crippen LogP contribution is -2.27. The van der Waals surface area contributed by atoms with E-state index >= 15 is 0 Å². The molecule has 6 aromatic carbocycles. The van der Waals surface area contributed by atoms with Crippen molar-refractivity contribution in [3.05, 3.63) is 146 Å². The van der Waals surface area contributed by atoms with Gasteiger partial charge in [-0.05, 0) is 47.9 Å². The van der Waals surface area contributed by atoms with Crippen molar-refractivity contribution in [1.82, 2.24) is 0 Å². The Balaban J connectivity index is 1.78. The summed E-state index contributed by atoms with van der Waals surface area (Å²) in [6.07, 6.45) is 0. The molecule has 0 aliphatic rings. The highest BCUT2D eigenvalue weighted by Gasteiger charge is 2.35. The SMILES string of the molecule is COc1c(OC)c(OC)c(P(c2ccccc2)c2ccccc2)c(-c2ccccc2P(c2ccccc2)c2ccccc2)c1OC. The van der Waals surface area contributed by atoms with Gasteiger partial charge in [0.2, 0.25) is 11.5 Å². The Morgan fingerprint density at radius 1 is 0.348 bits per heavy atom. The molecule has 0 saturated carbocycles. The summed E-state index contributed by atoms with van der Waals surface area (Å²) in [5.41, 5.74) is 2.00. The Morgan fingerprint density at radius 3 is 1.11 bits per heavy atom. The number of benzene rings is 6. The average Bonchev–Trinajstić information content (AvgIpc) is 3.13. The second-order valence-corrected chi connectivity index (χ2v) is 14.7. The van der Waals surface area contributed by atoms with Crippen LogP contribution in [0, 0.1) is 0 Å². The van der Waals surface area contributed by atoms with Crippen LogP contribution in [0.4, 0.5) is 0 Å². The van der Waals surface area contributed by atoms with Crippen molar-refractivity contribution >= 4 is 47.7 Å². The van der Waals surface area contributed by atoms with Gasteiger partial charge in [-0.15, -0.1) is 0 Å². The number of hydrogen-bond acceptors (Lipinski definition) is 4. The molecule has 0 fully saturated rings. The third-order valence-electron chi connectivity index (χ3n) is 7.81. The molecule has 0 aliphatic heterocycles. The highest BCUT2D eigenvalue weighted by atomic mass is 31.1. The first-order chi connectivity index (χ1) is 22.7. The van der Waals surface area contributed by atoms with Crippen LogP contribution in [0.3, 0.4) is 0 Å². The van der Waals surface area contributed by atoms with E-state index in [1.54, 1.807) is 28.4 Å². The molecule has 0 bridgehead atoms. The first kappa shape index (κ1) is 31.4. The zero-order valence-corrected chi connectivity index (χ0v) is 28.2. The quantitative estimate of drug-likeness (QED) is 0.144. The van der Waals surface area contributed by atoms with Gasteiger partial charge >= 0.3 is 0 Å². The Bertz CT molecular complexity index is 1800. The lowest BCUT2D eigenvalue weighted by Gasteiger charge is -2.30. The van der Waals surface area contributed by atoms with E-state index in [4.69, 9.17) is 18.9 Å². The summed E-state index contributed by atoms with van der Waals surface area (Å²) >= 11 is 0. The molecule has 0 unspecified atom stereocenters. The van der Waals surface area contributed by atoms with Crippen LogP contribution in [-0.4, -0.2) is 28.4 Å². The first-order valence-corrected chi connectivity index (χ1v) is 17.7. The molecule has 0 amide bonds. The van der Waals surface area contributed by atoms with Crippen molar-refractivity contribution in [2.24, 2.45) is 0 Å². The predicted octanol–water partition coefficient (Wildman–Crippen LogP) is 6.90.